The summed E-state index contributed by atoms with van der Waals surface area (Å²) >= 11 is 0. The zero-order chi connectivity index (χ0) is 27.9. The molecule has 39 heavy (non-hydrogen) atoms. The molecule has 0 fully saturated rings. The minimum Gasteiger partial charge on any atom is -0.501 e. The largest absolute Gasteiger partial charge is 0.501 e. The van der Waals surface area contributed by atoms with Gasteiger partial charge in [0.05, 0.1) is 12.8 Å². The average Bonchev–Trinajstić information content (AvgIpc) is 3.15. The first kappa shape index (κ1) is 26.2. The molecule has 3 atom stereocenters. The van der Waals surface area contributed by atoms with Crippen molar-refractivity contribution in [3.63, 3.8) is 0 Å². The molecule has 1 spiro atoms. The Kier molecular flexibility index (Phi) is 6.54. The van der Waals surface area contributed by atoms with E-state index in [0.29, 0.717) is 34.1 Å². The standard InChI is InChI=1S/C32H31NO6/c1-20-26(37-5)19-27(34)32(28(20)21-12-11-15-23(18-21)38-22-13-7-6-8-14-22)24-16-9-10-17-25(24)33(29(32)35)30(36)39-31(2,3)4/h6-20,28H,1-5H3/t20-,28-,32?/m0/s1. The average molecular weight is 526 g/mol. The fourth-order valence-corrected chi connectivity index (χ4v) is 5.68. The van der Waals surface area contributed by atoms with E-state index in [1.807, 2.05) is 61.5 Å². The van der Waals surface area contributed by atoms with Crippen molar-refractivity contribution in [3.05, 3.63) is 102 Å². The highest BCUT2D eigenvalue weighted by Crippen LogP contribution is 2.57. The van der Waals surface area contributed by atoms with Crippen LogP contribution in [-0.2, 0) is 24.5 Å². The lowest BCUT2D eigenvalue weighted by atomic mass is 9.58. The molecule has 1 aliphatic heterocycles. The number of imide groups is 1. The van der Waals surface area contributed by atoms with E-state index in [2.05, 4.69) is 0 Å². The molecule has 3 aromatic carbocycles. The van der Waals surface area contributed by atoms with Crippen molar-refractivity contribution in [2.24, 2.45) is 5.92 Å². The van der Waals surface area contributed by atoms with Gasteiger partial charge in [0.25, 0.3) is 5.91 Å². The number of methoxy groups -OCH3 is 1. The van der Waals surface area contributed by atoms with Gasteiger partial charge in [0.1, 0.15) is 28.3 Å². The van der Waals surface area contributed by atoms with Gasteiger partial charge in [-0.25, -0.2) is 9.69 Å². The Morgan fingerprint density at radius 1 is 0.897 bits per heavy atom. The molecule has 1 heterocycles. The van der Waals surface area contributed by atoms with Crippen molar-refractivity contribution in [3.8, 4) is 11.5 Å². The van der Waals surface area contributed by atoms with E-state index in [4.69, 9.17) is 14.2 Å². The Hall–Kier alpha value is -4.39. The van der Waals surface area contributed by atoms with Gasteiger partial charge in [-0.3, -0.25) is 9.59 Å². The highest BCUT2D eigenvalue weighted by molar-refractivity contribution is 6.32. The fourth-order valence-electron chi connectivity index (χ4n) is 5.68. The second-order valence-electron chi connectivity index (χ2n) is 10.8. The summed E-state index contributed by atoms with van der Waals surface area (Å²) in [5.41, 5.74) is -1.02. The van der Waals surface area contributed by atoms with Crippen molar-refractivity contribution in [1.82, 2.24) is 0 Å². The number of amides is 2. The highest BCUT2D eigenvalue weighted by Gasteiger charge is 2.65. The number of allylic oxidation sites excluding steroid dienone is 2. The number of nitrogens with zero attached hydrogens (tertiary/aromatic N) is 1. The maximum Gasteiger partial charge on any atom is 0.421 e. The molecule has 0 aromatic heterocycles. The van der Waals surface area contributed by atoms with Crippen LogP contribution < -0.4 is 9.64 Å². The first-order chi connectivity index (χ1) is 18.6. The SMILES string of the molecule is COC1=CC(=O)C2(C(=O)N(C(=O)OC(C)(C)C)c3ccccc32)[C@H](c2cccc(Oc3ccccc3)c2)[C@H]1C. The third-order valence-electron chi connectivity index (χ3n) is 7.20. The Balaban J connectivity index is 1.69. The highest BCUT2D eigenvalue weighted by atomic mass is 16.6. The number of carbonyl (C=O) groups excluding carboxylic acids is 3. The number of carbonyl (C=O) groups is 3. The maximum atomic E-state index is 14.5. The van der Waals surface area contributed by atoms with Crippen LogP contribution in [0.3, 0.4) is 0 Å². The summed E-state index contributed by atoms with van der Waals surface area (Å²) in [7, 11) is 1.51. The van der Waals surface area contributed by atoms with Gasteiger partial charge in [-0.2, -0.15) is 0 Å². The molecule has 2 amide bonds. The quantitative estimate of drug-likeness (QED) is 0.360. The van der Waals surface area contributed by atoms with Gasteiger partial charge >= 0.3 is 6.09 Å². The summed E-state index contributed by atoms with van der Waals surface area (Å²) in [6, 6.07) is 23.7. The Labute approximate surface area is 228 Å². The normalized spacial score (nSPS) is 22.4. The predicted molar refractivity (Wildman–Crippen MR) is 147 cm³/mol. The summed E-state index contributed by atoms with van der Waals surface area (Å²) < 4.78 is 17.3. The molecule has 1 aliphatic carbocycles. The van der Waals surface area contributed by atoms with Gasteiger partial charge in [0.15, 0.2) is 5.78 Å². The van der Waals surface area contributed by atoms with Crippen LogP contribution in [-0.4, -0.2) is 30.5 Å². The van der Waals surface area contributed by atoms with Crippen molar-refractivity contribution in [2.75, 3.05) is 12.0 Å². The lowest BCUT2D eigenvalue weighted by molar-refractivity contribution is -0.134. The van der Waals surface area contributed by atoms with E-state index < -0.39 is 34.7 Å². The van der Waals surface area contributed by atoms with Gasteiger partial charge in [-0.15, -0.1) is 0 Å². The molecule has 0 saturated carbocycles. The van der Waals surface area contributed by atoms with E-state index in [1.165, 1.54) is 13.2 Å². The molecular weight excluding hydrogens is 494 g/mol. The van der Waals surface area contributed by atoms with Crippen LogP contribution >= 0.6 is 0 Å². The smallest absolute Gasteiger partial charge is 0.421 e. The first-order valence-corrected chi connectivity index (χ1v) is 12.9. The summed E-state index contributed by atoms with van der Waals surface area (Å²) in [5.74, 6) is -0.467. The van der Waals surface area contributed by atoms with E-state index in [-0.39, 0.29) is 5.92 Å². The van der Waals surface area contributed by atoms with Crippen LogP contribution in [0.5, 0.6) is 11.5 Å². The van der Waals surface area contributed by atoms with Gasteiger partial charge in [-0.1, -0.05) is 55.5 Å². The Morgan fingerprint density at radius 2 is 1.56 bits per heavy atom. The van der Waals surface area contributed by atoms with Crippen LogP contribution in [0, 0.1) is 5.92 Å². The number of hydrogen-bond donors (Lipinski definition) is 0. The number of para-hydroxylation sites is 2. The summed E-state index contributed by atoms with van der Waals surface area (Å²) in [6.07, 6.45) is 0.567. The van der Waals surface area contributed by atoms with Gasteiger partial charge in [0, 0.05) is 23.5 Å². The summed E-state index contributed by atoms with van der Waals surface area (Å²) in [4.78, 5) is 43.0. The number of ether oxygens (including phenoxy) is 3. The molecule has 0 N–H and O–H groups in total. The number of ketones is 1. The topological polar surface area (TPSA) is 82.1 Å². The molecule has 2 aliphatic rings. The third-order valence-corrected chi connectivity index (χ3v) is 7.20. The van der Waals surface area contributed by atoms with Crippen molar-refractivity contribution in [1.29, 1.82) is 0 Å². The number of hydrogen-bond acceptors (Lipinski definition) is 6. The summed E-state index contributed by atoms with van der Waals surface area (Å²) in [6.45, 7) is 7.12. The number of fused-ring (bicyclic) bond motifs is 2. The minimum atomic E-state index is -1.69. The van der Waals surface area contributed by atoms with Crippen molar-refractivity contribution < 1.29 is 28.6 Å². The molecule has 1 unspecified atom stereocenters. The second kappa shape index (κ2) is 9.73. The molecule has 3 aromatic rings. The lowest BCUT2D eigenvalue weighted by Crippen LogP contribution is -2.55. The zero-order valence-corrected chi connectivity index (χ0v) is 22.6. The van der Waals surface area contributed by atoms with Crippen molar-refractivity contribution >= 4 is 23.5 Å². The van der Waals surface area contributed by atoms with Crippen LogP contribution in [0.15, 0.2) is 90.7 Å². The molecule has 0 radical (unpaired) electrons. The number of benzene rings is 3. The monoisotopic (exact) mass is 525 g/mol. The molecule has 200 valence electrons. The van der Waals surface area contributed by atoms with Gasteiger partial charge < -0.3 is 14.2 Å². The molecular formula is C32H31NO6. The predicted octanol–water partition coefficient (Wildman–Crippen LogP) is 6.53. The van der Waals surface area contributed by atoms with Crippen molar-refractivity contribution in [2.45, 2.75) is 44.6 Å². The molecule has 0 saturated heterocycles. The lowest BCUT2D eigenvalue weighted by Gasteiger charge is -2.42. The Bertz CT molecular complexity index is 1470. The number of anilines is 1. The molecule has 7 nitrogen and oxygen atoms in total. The first-order valence-electron chi connectivity index (χ1n) is 12.9. The van der Waals surface area contributed by atoms with E-state index in [1.54, 1.807) is 45.0 Å². The van der Waals surface area contributed by atoms with Crippen LogP contribution in [0.2, 0.25) is 0 Å². The molecule has 7 heteroatoms. The number of rotatable bonds is 4. The fraction of sp³-hybridized carbons (Fsp3) is 0.281. The maximum absolute atomic E-state index is 14.5. The zero-order valence-electron chi connectivity index (χ0n) is 22.6. The van der Waals surface area contributed by atoms with E-state index in [9.17, 15) is 14.4 Å². The summed E-state index contributed by atoms with van der Waals surface area (Å²) in [5, 5.41) is 0. The van der Waals surface area contributed by atoms with Crippen LogP contribution in [0.1, 0.15) is 44.7 Å². The minimum absolute atomic E-state index is 0.341. The molecule has 5 rings (SSSR count). The second-order valence-corrected chi connectivity index (χ2v) is 10.8. The van der Waals surface area contributed by atoms with Gasteiger partial charge in [0.2, 0.25) is 0 Å². The molecule has 0 bridgehead atoms. The van der Waals surface area contributed by atoms with Gasteiger partial charge in [-0.05, 0) is 56.7 Å². The third kappa shape index (κ3) is 4.38. The van der Waals surface area contributed by atoms with Crippen LogP contribution in [0.4, 0.5) is 10.5 Å². The Morgan fingerprint density at radius 3 is 2.26 bits per heavy atom. The van der Waals surface area contributed by atoms with E-state index in [0.717, 1.165) is 4.90 Å². The van der Waals surface area contributed by atoms with Crippen LogP contribution in [0.25, 0.3) is 0 Å². The van der Waals surface area contributed by atoms with E-state index >= 15 is 0 Å².